The van der Waals surface area contributed by atoms with Gasteiger partial charge in [-0.1, -0.05) is 77.8 Å². The summed E-state index contributed by atoms with van der Waals surface area (Å²) in [6.45, 7) is 3.84. The lowest BCUT2D eigenvalue weighted by molar-refractivity contribution is -0.130. The van der Waals surface area contributed by atoms with Crippen LogP contribution in [0.1, 0.15) is 54.0 Å². The van der Waals surface area contributed by atoms with Crippen LogP contribution < -0.4 is 37.5 Å². The van der Waals surface area contributed by atoms with Gasteiger partial charge in [-0.05, 0) is 91.9 Å². The number of amides is 4. The first-order chi connectivity index (χ1) is 28.1. The Morgan fingerprint density at radius 2 is 1.59 bits per heavy atom. The summed E-state index contributed by atoms with van der Waals surface area (Å²) in [6, 6.07) is 24.6. The van der Waals surface area contributed by atoms with Gasteiger partial charge in [-0.3, -0.25) is 19.5 Å². The Morgan fingerprint density at radius 3 is 2.28 bits per heavy atom. The van der Waals surface area contributed by atoms with Crippen LogP contribution in [0.15, 0.2) is 102 Å². The number of rotatable bonds is 17. The number of nitrogens with two attached hydrogens (primary N) is 2. The molecular weight excluding hydrogens is 777 g/mol. The molecule has 2 heterocycles. The number of methoxy groups -OCH3 is 1. The fourth-order valence-corrected chi connectivity index (χ4v) is 7.59. The average Bonchev–Trinajstić information content (AvgIpc) is 3.86. The van der Waals surface area contributed by atoms with Crippen LogP contribution in [0.2, 0.25) is 10.0 Å². The Morgan fingerprint density at radius 1 is 0.862 bits per heavy atom. The Hall–Kier alpha value is -5.76. The topological polar surface area (TPSA) is 181 Å². The minimum absolute atomic E-state index is 0.0660. The van der Waals surface area contributed by atoms with E-state index in [0.29, 0.717) is 40.0 Å². The second kappa shape index (κ2) is 20.1. The minimum atomic E-state index is -1.19. The van der Waals surface area contributed by atoms with Crippen LogP contribution in [0, 0.1) is 0 Å². The van der Waals surface area contributed by atoms with Crippen molar-refractivity contribution in [1.29, 1.82) is 0 Å². The van der Waals surface area contributed by atoms with Gasteiger partial charge in [0.1, 0.15) is 17.8 Å². The van der Waals surface area contributed by atoms with Crippen molar-refractivity contribution in [2.24, 2.45) is 16.5 Å². The fraction of sp³-hybridized carbons (Fsp3) is 0.302. The number of guanidine groups is 1. The number of fused-ring (bicyclic) bond motifs is 1. The molecule has 304 valence electrons. The number of urea groups is 1. The molecule has 1 saturated heterocycles. The van der Waals surface area contributed by atoms with E-state index in [1.54, 1.807) is 24.3 Å². The number of ether oxygens (including phenoxy) is 1. The van der Waals surface area contributed by atoms with E-state index in [1.807, 2.05) is 66.7 Å². The van der Waals surface area contributed by atoms with Crippen molar-refractivity contribution >= 4 is 63.6 Å². The lowest BCUT2D eigenvalue weighted by Crippen LogP contribution is -2.51. The number of carbonyl (C=O) groups excluding carboxylic acids is 3. The van der Waals surface area contributed by atoms with Gasteiger partial charge in [0.25, 0.3) is 0 Å². The highest BCUT2D eigenvalue weighted by atomic mass is 35.5. The van der Waals surface area contributed by atoms with Gasteiger partial charge in [0.05, 0.1) is 19.2 Å². The Bertz CT molecular complexity index is 2200. The molecule has 2 atom stereocenters. The van der Waals surface area contributed by atoms with E-state index in [0.717, 1.165) is 47.2 Å². The maximum atomic E-state index is 14.1. The standard InChI is InChI=1S/C43H49Cl2N9O4/c1-58-32-17-14-29(15-18-32)39(41(56)51-37(13-8-20-48-42(46)47)40(55)49-24-28-9-3-2-4-10-28)52-43(57)50-31-16-19-33-30(25-53-21-5-6-22-53)26-54(38(33)23-31)27-34-35(44)11-7-12-36(34)45/h2-4,7,9-12,14-19,23,26,37,39H,5-6,8,13,20-22,24-25,27H2,1H3,(H,49,55)(H,51,56)(H4,46,47,48)(H2,50,52,57)/t37-,39-/m0/s1. The van der Waals surface area contributed by atoms with Gasteiger partial charge in [-0.2, -0.15) is 0 Å². The van der Waals surface area contributed by atoms with E-state index >= 15 is 0 Å². The molecule has 0 radical (unpaired) electrons. The van der Waals surface area contributed by atoms with E-state index in [-0.39, 0.29) is 25.5 Å². The normalized spacial score (nSPS) is 13.7. The molecule has 6 rings (SSSR count). The zero-order valence-corrected chi connectivity index (χ0v) is 33.9. The molecule has 0 unspecified atom stereocenters. The molecule has 8 N–H and O–H groups in total. The number of likely N-dealkylation sites (tertiary alicyclic amines) is 1. The molecule has 1 aliphatic heterocycles. The quantitative estimate of drug-likeness (QED) is 0.0361. The number of nitrogens with zero attached hydrogens (tertiary/aromatic N) is 3. The predicted molar refractivity (Wildman–Crippen MR) is 230 cm³/mol. The monoisotopic (exact) mass is 825 g/mol. The van der Waals surface area contributed by atoms with Crippen LogP contribution in [0.4, 0.5) is 10.5 Å². The third kappa shape index (κ3) is 11.2. The molecular formula is C43H49Cl2N9O4. The van der Waals surface area contributed by atoms with Crippen LogP contribution in [0.3, 0.4) is 0 Å². The Labute approximate surface area is 348 Å². The highest BCUT2D eigenvalue weighted by Gasteiger charge is 2.28. The van der Waals surface area contributed by atoms with Gasteiger partial charge >= 0.3 is 6.03 Å². The van der Waals surface area contributed by atoms with Crippen molar-refractivity contribution in [3.63, 3.8) is 0 Å². The van der Waals surface area contributed by atoms with Crippen molar-refractivity contribution in [2.75, 3.05) is 32.1 Å². The average molecular weight is 827 g/mol. The van der Waals surface area contributed by atoms with Crippen LogP contribution in [-0.2, 0) is 29.2 Å². The summed E-state index contributed by atoms with van der Waals surface area (Å²) in [5.41, 5.74) is 15.7. The second-order valence-electron chi connectivity index (χ2n) is 14.2. The van der Waals surface area contributed by atoms with Crippen LogP contribution in [0.25, 0.3) is 10.9 Å². The summed E-state index contributed by atoms with van der Waals surface area (Å²) >= 11 is 13.2. The molecule has 1 aliphatic rings. The van der Waals surface area contributed by atoms with Crippen molar-refractivity contribution < 1.29 is 19.1 Å². The van der Waals surface area contributed by atoms with Crippen molar-refractivity contribution in [2.45, 2.75) is 57.4 Å². The van der Waals surface area contributed by atoms with E-state index < -0.39 is 29.9 Å². The number of anilines is 1. The van der Waals surface area contributed by atoms with E-state index in [4.69, 9.17) is 39.4 Å². The van der Waals surface area contributed by atoms with Gasteiger partial charge in [0, 0.05) is 52.5 Å². The number of hydrogen-bond acceptors (Lipinski definition) is 6. The van der Waals surface area contributed by atoms with E-state index in [1.165, 1.54) is 20.0 Å². The molecule has 1 aromatic heterocycles. The molecule has 0 aliphatic carbocycles. The van der Waals surface area contributed by atoms with Crippen molar-refractivity contribution in [1.82, 2.24) is 25.4 Å². The molecule has 0 saturated carbocycles. The van der Waals surface area contributed by atoms with Gasteiger partial charge in [-0.25, -0.2) is 4.79 Å². The van der Waals surface area contributed by atoms with E-state index in [2.05, 4.69) is 41.9 Å². The summed E-state index contributed by atoms with van der Waals surface area (Å²) in [4.78, 5) is 48.0. The zero-order chi connectivity index (χ0) is 41.0. The molecule has 4 amide bonds. The minimum Gasteiger partial charge on any atom is -0.497 e. The molecule has 15 heteroatoms. The number of benzene rings is 4. The summed E-state index contributed by atoms with van der Waals surface area (Å²) in [7, 11) is 1.54. The maximum absolute atomic E-state index is 14.1. The van der Waals surface area contributed by atoms with Gasteiger partial charge in [-0.15, -0.1) is 0 Å². The second-order valence-corrected chi connectivity index (χ2v) is 15.0. The number of aromatic nitrogens is 1. The Kier molecular flexibility index (Phi) is 14.5. The van der Waals surface area contributed by atoms with Crippen molar-refractivity contribution in [3.05, 3.63) is 129 Å². The lowest BCUT2D eigenvalue weighted by atomic mass is 10.0. The SMILES string of the molecule is COc1ccc([C@H](NC(=O)Nc2ccc3c(CN4CCCC4)cn(Cc4c(Cl)cccc4Cl)c3c2)C(=O)N[C@@H](CCCN=C(N)N)C(=O)NCc2ccccc2)cc1. The summed E-state index contributed by atoms with van der Waals surface area (Å²) < 4.78 is 7.43. The molecule has 1 fully saturated rings. The first-order valence-electron chi connectivity index (χ1n) is 19.2. The fourth-order valence-electron chi connectivity index (χ4n) is 7.07. The molecule has 13 nitrogen and oxygen atoms in total. The smallest absolute Gasteiger partial charge is 0.320 e. The largest absolute Gasteiger partial charge is 0.497 e. The number of aliphatic imine (C=N–C) groups is 1. The lowest BCUT2D eigenvalue weighted by Gasteiger charge is -2.24. The van der Waals surface area contributed by atoms with Crippen molar-refractivity contribution in [3.8, 4) is 5.75 Å². The number of carbonyl (C=O) groups is 3. The van der Waals surface area contributed by atoms with Gasteiger partial charge in [0.15, 0.2) is 5.96 Å². The summed E-state index contributed by atoms with van der Waals surface area (Å²) in [5, 5.41) is 13.7. The summed E-state index contributed by atoms with van der Waals surface area (Å²) in [5.74, 6) is -0.472. The first kappa shape index (κ1) is 41.9. The molecule has 58 heavy (non-hydrogen) atoms. The maximum Gasteiger partial charge on any atom is 0.320 e. The number of halogens is 2. The van der Waals surface area contributed by atoms with Crippen LogP contribution >= 0.6 is 23.2 Å². The highest BCUT2D eigenvalue weighted by Crippen LogP contribution is 2.31. The predicted octanol–water partition coefficient (Wildman–Crippen LogP) is 6.32. The third-order valence-corrected chi connectivity index (χ3v) is 10.8. The summed E-state index contributed by atoms with van der Waals surface area (Å²) in [6.07, 6.45) is 5.13. The zero-order valence-electron chi connectivity index (χ0n) is 32.3. The Balaban J connectivity index is 1.23. The first-order valence-corrected chi connectivity index (χ1v) is 20.0. The van der Waals surface area contributed by atoms with Crippen LogP contribution in [0.5, 0.6) is 5.75 Å². The number of hydrogen-bond donors (Lipinski definition) is 6. The third-order valence-electron chi connectivity index (χ3n) is 10.1. The molecule has 5 aromatic rings. The highest BCUT2D eigenvalue weighted by molar-refractivity contribution is 6.36. The van der Waals surface area contributed by atoms with Crippen LogP contribution in [-0.4, -0.2) is 66.1 Å². The molecule has 4 aromatic carbocycles. The molecule has 0 spiro atoms. The van der Waals surface area contributed by atoms with Gasteiger partial charge in [0.2, 0.25) is 11.8 Å². The number of nitrogens with one attached hydrogen (secondary N) is 4. The van der Waals surface area contributed by atoms with E-state index in [9.17, 15) is 14.4 Å². The molecule has 0 bridgehead atoms. The van der Waals surface area contributed by atoms with Gasteiger partial charge < -0.3 is 42.0 Å².